The van der Waals surface area contributed by atoms with Gasteiger partial charge in [0.2, 0.25) is 5.91 Å². The number of rotatable bonds is 5. The maximum absolute atomic E-state index is 11.9. The zero-order valence-electron chi connectivity index (χ0n) is 16.0. The standard InChI is InChI=1S/C17H34N4O2/c1-9-18-14(19-11-13(22)21-15(2,3)4)20-12-10-17(7,23-8)16(12,5)6/h12H,9-11H2,1-8H3,(H,21,22)(H2,18,19,20). The molecule has 3 N–H and O–H groups in total. The highest BCUT2D eigenvalue weighted by Gasteiger charge is 2.58. The molecule has 6 heteroatoms. The number of nitrogens with one attached hydrogen (secondary N) is 3. The van der Waals surface area contributed by atoms with Gasteiger partial charge in [0, 0.05) is 30.7 Å². The normalized spacial score (nSPS) is 27.1. The van der Waals surface area contributed by atoms with Gasteiger partial charge in [-0.05, 0) is 41.0 Å². The van der Waals surface area contributed by atoms with E-state index in [9.17, 15) is 4.79 Å². The lowest BCUT2D eigenvalue weighted by Crippen LogP contribution is -2.69. The third kappa shape index (κ3) is 4.83. The molecule has 1 rings (SSSR count). The van der Waals surface area contributed by atoms with Gasteiger partial charge in [0.25, 0.3) is 0 Å². The van der Waals surface area contributed by atoms with E-state index in [0.29, 0.717) is 5.96 Å². The van der Waals surface area contributed by atoms with E-state index in [2.05, 4.69) is 41.7 Å². The Kier molecular flexibility index (Phi) is 6.07. The van der Waals surface area contributed by atoms with E-state index < -0.39 is 0 Å². The van der Waals surface area contributed by atoms with Crippen molar-refractivity contribution in [2.45, 2.75) is 72.1 Å². The number of hydrogen-bond acceptors (Lipinski definition) is 3. The van der Waals surface area contributed by atoms with Crippen LogP contribution in [0.1, 0.15) is 54.9 Å². The minimum atomic E-state index is -0.241. The second-order valence-corrected chi connectivity index (χ2v) is 8.05. The Morgan fingerprint density at radius 1 is 1.30 bits per heavy atom. The second-order valence-electron chi connectivity index (χ2n) is 8.05. The van der Waals surface area contributed by atoms with Crippen molar-refractivity contribution in [1.29, 1.82) is 0 Å². The van der Waals surface area contributed by atoms with Crippen LogP contribution in [0.5, 0.6) is 0 Å². The number of carbonyl (C=O) groups is 1. The smallest absolute Gasteiger partial charge is 0.242 e. The average Bonchev–Trinajstić information content (AvgIpc) is 2.42. The molecule has 0 aromatic heterocycles. The van der Waals surface area contributed by atoms with Crippen LogP contribution in [0.2, 0.25) is 0 Å². The highest BCUT2D eigenvalue weighted by atomic mass is 16.5. The Hall–Kier alpha value is -1.30. The zero-order chi connectivity index (χ0) is 17.9. The summed E-state index contributed by atoms with van der Waals surface area (Å²) < 4.78 is 5.65. The molecule has 0 bridgehead atoms. The summed E-state index contributed by atoms with van der Waals surface area (Å²) in [5, 5.41) is 9.55. The first-order valence-electron chi connectivity index (χ1n) is 8.36. The Morgan fingerprint density at radius 3 is 2.35 bits per heavy atom. The number of methoxy groups -OCH3 is 1. The minimum Gasteiger partial charge on any atom is -0.378 e. The molecule has 1 aliphatic rings. The summed E-state index contributed by atoms with van der Waals surface area (Å²) in [4.78, 5) is 16.3. The first-order chi connectivity index (χ1) is 10.4. The van der Waals surface area contributed by atoms with E-state index in [1.165, 1.54) is 0 Å². The summed E-state index contributed by atoms with van der Waals surface area (Å²) in [6.07, 6.45) is 0.912. The van der Waals surface area contributed by atoms with Gasteiger partial charge in [-0.25, -0.2) is 4.99 Å². The van der Waals surface area contributed by atoms with Gasteiger partial charge >= 0.3 is 0 Å². The lowest BCUT2D eigenvalue weighted by molar-refractivity contribution is -0.176. The van der Waals surface area contributed by atoms with Crippen LogP contribution in [-0.4, -0.2) is 49.2 Å². The number of nitrogens with zero attached hydrogens (tertiary/aromatic N) is 1. The van der Waals surface area contributed by atoms with Gasteiger partial charge in [0.15, 0.2) is 5.96 Å². The maximum atomic E-state index is 11.9. The lowest BCUT2D eigenvalue weighted by Gasteiger charge is -2.59. The number of amides is 1. The van der Waals surface area contributed by atoms with Crippen LogP contribution in [0.3, 0.4) is 0 Å². The van der Waals surface area contributed by atoms with Crippen molar-refractivity contribution in [3.05, 3.63) is 0 Å². The third-order valence-corrected chi connectivity index (χ3v) is 4.83. The molecule has 1 saturated carbocycles. The quantitative estimate of drug-likeness (QED) is 0.530. The minimum absolute atomic E-state index is 0.00832. The van der Waals surface area contributed by atoms with Crippen molar-refractivity contribution in [2.75, 3.05) is 20.2 Å². The van der Waals surface area contributed by atoms with Gasteiger partial charge in [0.05, 0.1) is 5.60 Å². The molecule has 2 atom stereocenters. The summed E-state index contributed by atoms with van der Waals surface area (Å²) in [6.45, 7) is 15.3. The van der Waals surface area contributed by atoms with E-state index in [-0.39, 0.29) is 35.0 Å². The largest absolute Gasteiger partial charge is 0.378 e. The summed E-state index contributed by atoms with van der Waals surface area (Å²) in [7, 11) is 1.76. The molecule has 0 radical (unpaired) electrons. The van der Waals surface area contributed by atoms with E-state index in [4.69, 9.17) is 4.74 Å². The van der Waals surface area contributed by atoms with Gasteiger partial charge in [-0.2, -0.15) is 0 Å². The monoisotopic (exact) mass is 326 g/mol. The number of carbonyl (C=O) groups excluding carboxylic acids is 1. The Labute approximate surface area is 140 Å². The van der Waals surface area contributed by atoms with Crippen molar-refractivity contribution in [2.24, 2.45) is 10.4 Å². The Bertz CT molecular complexity index is 454. The van der Waals surface area contributed by atoms with Crippen molar-refractivity contribution >= 4 is 11.9 Å². The van der Waals surface area contributed by atoms with Crippen LogP contribution in [0, 0.1) is 5.41 Å². The fraction of sp³-hybridized carbons (Fsp3) is 0.882. The summed E-state index contributed by atoms with van der Waals surface area (Å²) in [6, 6.07) is 0.260. The first-order valence-corrected chi connectivity index (χ1v) is 8.36. The molecule has 0 aromatic carbocycles. The highest BCUT2D eigenvalue weighted by molar-refractivity contribution is 5.85. The highest BCUT2D eigenvalue weighted by Crippen LogP contribution is 2.51. The van der Waals surface area contributed by atoms with E-state index in [1.54, 1.807) is 7.11 Å². The average molecular weight is 326 g/mol. The van der Waals surface area contributed by atoms with Gasteiger partial charge < -0.3 is 20.7 Å². The van der Waals surface area contributed by atoms with Crippen molar-refractivity contribution in [1.82, 2.24) is 16.0 Å². The van der Waals surface area contributed by atoms with Crippen LogP contribution in [0.25, 0.3) is 0 Å². The van der Waals surface area contributed by atoms with Crippen molar-refractivity contribution in [3.63, 3.8) is 0 Å². The molecule has 0 aliphatic heterocycles. The fourth-order valence-electron chi connectivity index (χ4n) is 2.82. The number of ether oxygens (including phenoxy) is 1. The van der Waals surface area contributed by atoms with Crippen LogP contribution in [0.4, 0.5) is 0 Å². The molecule has 1 aliphatic carbocycles. The lowest BCUT2D eigenvalue weighted by atomic mass is 9.56. The Balaban J connectivity index is 2.66. The molecular weight excluding hydrogens is 292 g/mol. The maximum Gasteiger partial charge on any atom is 0.242 e. The molecule has 0 saturated heterocycles. The predicted molar refractivity (Wildman–Crippen MR) is 94.6 cm³/mol. The van der Waals surface area contributed by atoms with Crippen LogP contribution >= 0.6 is 0 Å². The third-order valence-electron chi connectivity index (χ3n) is 4.83. The first kappa shape index (κ1) is 19.7. The number of aliphatic imine (C=N–C) groups is 1. The molecule has 23 heavy (non-hydrogen) atoms. The van der Waals surface area contributed by atoms with Crippen molar-refractivity contribution < 1.29 is 9.53 Å². The SMILES string of the molecule is CCNC(=NCC(=O)NC(C)(C)C)NC1CC(C)(OC)C1(C)C. The molecule has 0 spiro atoms. The zero-order valence-corrected chi connectivity index (χ0v) is 16.0. The summed E-state index contributed by atoms with van der Waals surface area (Å²) >= 11 is 0. The molecule has 1 amide bonds. The van der Waals surface area contributed by atoms with Gasteiger partial charge in [0.1, 0.15) is 6.54 Å². The van der Waals surface area contributed by atoms with Gasteiger partial charge in [-0.1, -0.05) is 13.8 Å². The molecule has 2 unspecified atom stereocenters. The molecule has 134 valence electrons. The second kappa shape index (κ2) is 7.07. The topological polar surface area (TPSA) is 74.8 Å². The van der Waals surface area contributed by atoms with Gasteiger partial charge in [-0.3, -0.25) is 4.79 Å². The van der Waals surface area contributed by atoms with E-state index in [0.717, 1.165) is 13.0 Å². The summed E-state index contributed by atoms with van der Waals surface area (Å²) in [5.41, 5.74) is -0.383. The van der Waals surface area contributed by atoms with E-state index in [1.807, 2.05) is 27.7 Å². The number of guanidine groups is 1. The van der Waals surface area contributed by atoms with Crippen LogP contribution in [0.15, 0.2) is 4.99 Å². The van der Waals surface area contributed by atoms with Crippen LogP contribution in [-0.2, 0) is 9.53 Å². The van der Waals surface area contributed by atoms with Crippen molar-refractivity contribution in [3.8, 4) is 0 Å². The van der Waals surface area contributed by atoms with Gasteiger partial charge in [-0.15, -0.1) is 0 Å². The Morgan fingerprint density at radius 2 is 1.91 bits per heavy atom. The van der Waals surface area contributed by atoms with E-state index >= 15 is 0 Å². The molecular formula is C17H34N4O2. The predicted octanol–water partition coefficient (Wildman–Crippen LogP) is 1.66. The molecule has 0 heterocycles. The summed E-state index contributed by atoms with van der Waals surface area (Å²) in [5.74, 6) is 0.595. The fourth-order valence-corrected chi connectivity index (χ4v) is 2.82. The molecule has 6 nitrogen and oxygen atoms in total. The molecule has 0 aromatic rings. The number of hydrogen-bond donors (Lipinski definition) is 3. The van der Waals surface area contributed by atoms with Crippen LogP contribution < -0.4 is 16.0 Å². The molecule has 1 fully saturated rings.